The van der Waals surface area contributed by atoms with Crippen molar-refractivity contribution >= 4 is 33.7 Å². The Hall–Kier alpha value is -2.34. The second kappa shape index (κ2) is 7.09. The molecule has 0 spiro atoms. The lowest BCUT2D eigenvalue weighted by Gasteiger charge is -2.09. The molecule has 0 radical (unpaired) electrons. The highest BCUT2D eigenvalue weighted by Gasteiger charge is 2.09. The number of ether oxygens (including phenoxy) is 2. The first kappa shape index (κ1) is 16.0. The van der Waals surface area contributed by atoms with Crippen LogP contribution in [0.2, 0.25) is 0 Å². The van der Waals surface area contributed by atoms with Gasteiger partial charge in [-0.15, -0.1) is 0 Å². The molecule has 0 aliphatic heterocycles. The van der Waals surface area contributed by atoms with Crippen LogP contribution in [-0.4, -0.2) is 26.3 Å². The molecule has 22 heavy (non-hydrogen) atoms. The first-order valence-electron chi connectivity index (χ1n) is 6.41. The molecule has 0 saturated carbocycles. The molecule has 2 rings (SSSR count). The number of benzene rings is 2. The summed E-state index contributed by atoms with van der Waals surface area (Å²) in [7, 11) is 3.15. The maximum absolute atomic E-state index is 11.4. The van der Waals surface area contributed by atoms with Crippen LogP contribution >= 0.6 is 15.9 Å². The quantitative estimate of drug-likeness (QED) is 0.829. The normalized spacial score (nSPS) is 10.7. The Morgan fingerprint density at radius 3 is 2.50 bits per heavy atom. The van der Waals surface area contributed by atoms with E-state index >= 15 is 0 Å². The molecule has 0 unspecified atom stereocenters. The van der Waals surface area contributed by atoms with Crippen molar-refractivity contribution in [2.45, 2.75) is 0 Å². The molecule has 1 amide bonds. The zero-order chi connectivity index (χ0) is 16.1. The summed E-state index contributed by atoms with van der Waals surface area (Å²) in [6.07, 6.45) is 1.62. The molecule has 2 aromatic rings. The smallest absolute Gasteiger partial charge is 0.250 e. The average Bonchev–Trinajstić information content (AvgIpc) is 2.53. The summed E-state index contributed by atoms with van der Waals surface area (Å²) in [5, 5.41) is 0. The van der Waals surface area contributed by atoms with E-state index in [9.17, 15) is 4.79 Å². The topological polar surface area (TPSA) is 73.9 Å². The number of halogens is 1. The summed E-state index contributed by atoms with van der Waals surface area (Å²) in [5.41, 5.74) is 6.95. The maximum Gasteiger partial charge on any atom is 0.250 e. The molecule has 5 nitrogen and oxygen atoms in total. The van der Waals surface area contributed by atoms with Crippen LogP contribution in [0.25, 0.3) is 0 Å². The van der Waals surface area contributed by atoms with Crippen LogP contribution in [0, 0.1) is 0 Å². The number of hydrogen-bond acceptors (Lipinski definition) is 4. The van der Waals surface area contributed by atoms with Crippen molar-refractivity contribution in [1.29, 1.82) is 0 Å². The average molecular weight is 363 g/mol. The Kier molecular flexibility index (Phi) is 5.16. The molecule has 2 aromatic carbocycles. The lowest BCUT2D eigenvalue weighted by atomic mass is 10.1. The number of nitrogens with zero attached hydrogens (tertiary/aromatic N) is 1. The Morgan fingerprint density at radius 1 is 1.18 bits per heavy atom. The van der Waals surface area contributed by atoms with Crippen molar-refractivity contribution in [2.24, 2.45) is 10.7 Å². The second-order valence-corrected chi connectivity index (χ2v) is 5.22. The number of amides is 1. The predicted molar refractivity (Wildman–Crippen MR) is 89.5 cm³/mol. The van der Waals surface area contributed by atoms with Gasteiger partial charge in [0.25, 0.3) is 5.91 Å². The minimum atomic E-state index is -0.518. The van der Waals surface area contributed by atoms with Crippen LogP contribution in [0.4, 0.5) is 5.69 Å². The Labute approximate surface area is 136 Å². The lowest BCUT2D eigenvalue weighted by molar-refractivity contribution is 0.100. The molecule has 0 atom stereocenters. The van der Waals surface area contributed by atoms with Gasteiger partial charge in [-0.2, -0.15) is 0 Å². The molecule has 2 N–H and O–H groups in total. The summed E-state index contributed by atoms with van der Waals surface area (Å²) >= 11 is 3.42. The number of methoxy groups -OCH3 is 2. The zero-order valence-corrected chi connectivity index (χ0v) is 13.8. The Bertz CT molecular complexity index is 729. The number of rotatable bonds is 5. The molecular formula is C16H15BrN2O3. The maximum atomic E-state index is 11.4. The fraction of sp³-hybridized carbons (Fsp3) is 0.125. The van der Waals surface area contributed by atoms with Crippen LogP contribution in [0.15, 0.2) is 45.9 Å². The Morgan fingerprint density at radius 2 is 1.86 bits per heavy atom. The molecule has 0 saturated heterocycles. The highest BCUT2D eigenvalue weighted by Crippen LogP contribution is 2.32. The minimum Gasteiger partial charge on any atom is -0.496 e. The molecule has 6 heteroatoms. The van der Waals surface area contributed by atoms with Gasteiger partial charge in [0.15, 0.2) is 0 Å². The molecular weight excluding hydrogens is 348 g/mol. The van der Waals surface area contributed by atoms with E-state index in [1.165, 1.54) is 0 Å². The highest BCUT2D eigenvalue weighted by atomic mass is 79.9. The van der Waals surface area contributed by atoms with Crippen molar-refractivity contribution in [1.82, 2.24) is 0 Å². The number of carbonyl (C=O) groups is 1. The van der Waals surface area contributed by atoms with Crippen LogP contribution in [0.1, 0.15) is 15.9 Å². The summed E-state index contributed by atoms with van der Waals surface area (Å²) in [6, 6.07) is 10.5. The first-order chi connectivity index (χ1) is 10.6. The van der Waals surface area contributed by atoms with Crippen LogP contribution < -0.4 is 15.2 Å². The molecule has 0 heterocycles. The van der Waals surface area contributed by atoms with Gasteiger partial charge in [-0.25, -0.2) is 0 Å². The molecule has 114 valence electrons. The first-order valence-corrected chi connectivity index (χ1v) is 7.20. The van der Waals surface area contributed by atoms with Gasteiger partial charge in [0.2, 0.25) is 0 Å². The van der Waals surface area contributed by atoms with E-state index in [1.54, 1.807) is 50.8 Å². The summed E-state index contributed by atoms with van der Waals surface area (Å²) in [4.78, 5) is 15.7. The van der Waals surface area contributed by atoms with E-state index in [2.05, 4.69) is 20.9 Å². The van der Waals surface area contributed by atoms with Crippen molar-refractivity contribution in [3.05, 3.63) is 52.0 Å². The van der Waals surface area contributed by atoms with Crippen LogP contribution in [0.5, 0.6) is 11.5 Å². The van der Waals surface area contributed by atoms with Gasteiger partial charge in [-0.1, -0.05) is 12.1 Å². The molecule has 0 aliphatic rings. The zero-order valence-electron chi connectivity index (χ0n) is 12.2. The van der Waals surface area contributed by atoms with E-state index in [0.29, 0.717) is 22.7 Å². The van der Waals surface area contributed by atoms with Gasteiger partial charge in [0.1, 0.15) is 11.5 Å². The monoisotopic (exact) mass is 362 g/mol. The number of aliphatic imine (C=N–C) groups is 1. The number of hydrogen-bond donors (Lipinski definition) is 1. The van der Waals surface area contributed by atoms with Gasteiger partial charge in [0.05, 0.1) is 29.9 Å². The molecule has 0 bridgehead atoms. The van der Waals surface area contributed by atoms with E-state index < -0.39 is 5.91 Å². The lowest BCUT2D eigenvalue weighted by Crippen LogP contribution is -2.10. The van der Waals surface area contributed by atoms with Crippen molar-refractivity contribution < 1.29 is 14.3 Å². The SMILES string of the molecule is COc1cc(OC)c(C=Nc2ccccc2C(N)=O)cc1Br. The fourth-order valence-corrected chi connectivity index (χ4v) is 2.44. The van der Waals surface area contributed by atoms with E-state index in [0.717, 1.165) is 10.0 Å². The third-order valence-electron chi connectivity index (χ3n) is 3.02. The van der Waals surface area contributed by atoms with E-state index in [4.69, 9.17) is 15.2 Å². The molecule has 0 fully saturated rings. The van der Waals surface area contributed by atoms with E-state index in [1.807, 2.05) is 6.07 Å². The number of para-hydroxylation sites is 1. The number of primary amides is 1. The van der Waals surface area contributed by atoms with Crippen LogP contribution in [-0.2, 0) is 0 Å². The summed E-state index contributed by atoms with van der Waals surface area (Å²) < 4.78 is 11.3. The molecule has 0 aliphatic carbocycles. The highest BCUT2D eigenvalue weighted by molar-refractivity contribution is 9.10. The van der Waals surface area contributed by atoms with Crippen molar-refractivity contribution in [2.75, 3.05) is 14.2 Å². The summed E-state index contributed by atoms with van der Waals surface area (Å²) in [5.74, 6) is 0.752. The Balaban J connectivity index is 2.42. The van der Waals surface area contributed by atoms with Gasteiger partial charge in [0, 0.05) is 17.8 Å². The van der Waals surface area contributed by atoms with Crippen LogP contribution in [0.3, 0.4) is 0 Å². The third-order valence-corrected chi connectivity index (χ3v) is 3.64. The van der Waals surface area contributed by atoms with Crippen molar-refractivity contribution in [3.63, 3.8) is 0 Å². The largest absolute Gasteiger partial charge is 0.496 e. The van der Waals surface area contributed by atoms with Gasteiger partial charge in [-0.3, -0.25) is 9.79 Å². The number of carbonyl (C=O) groups excluding carboxylic acids is 1. The van der Waals surface area contributed by atoms with Gasteiger partial charge in [-0.05, 0) is 34.1 Å². The fourth-order valence-electron chi connectivity index (χ4n) is 1.92. The standard InChI is InChI=1S/C16H15BrN2O3/c1-21-14-8-15(22-2)12(17)7-10(14)9-19-13-6-4-3-5-11(13)16(18)20/h3-9H,1-2H3,(H2,18,20). The minimum absolute atomic E-state index is 0.366. The third kappa shape index (κ3) is 3.46. The van der Waals surface area contributed by atoms with Gasteiger partial charge >= 0.3 is 0 Å². The summed E-state index contributed by atoms with van der Waals surface area (Å²) in [6.45, 7) is 0. The second-order valence-electron chi connectivity index (χ2n) is 4.37. The number of nitrogens with two attached hydrogens (primary N) is 1. The van der Waals surface area contributed by atoms with E-state index in [-0.39, 0.29) is 0 Å². The predicted octanol–water partition coefficient (Wildman–Crippen LogP) is 3.32. The van der Waals surface area contributed by atoms with Gasteiger partial charge < -0.3 is 15.2 Å². The molecule has 0 aromatic heterocycles. The van der Waals surface area contributed by atoms with Crippen molar-refractivity contribution in [3.8, 4) is 11.5 Å².